The highest BCUT2D eigenvalue weighted by Gasteiger charge is 2.19. The van der Waals surface area contributed by atoms with Gasteiger partial charge in [0.05, 0.1) is 0 Å². The average molecular weight is 204 g/mol. The molecule has 1 aliphatic rings. The van der Waals surface area contributed by atoms with E-state index in [9.17, 15) is 0 Å². The maximum Gasteiger partial charge on any atom is 0.0208 e. The van der Waals surface area contributed by atoms with E-state index in [1.807, 2.05) is 0 Å². The molecule has 2 N–H and O–H groups in total. The Morgan fingerprint density at radius 2 is 2.00 bits per heavy atom. The highest BCUT2D eigenvalue weighted by molar-refractivity contribution is 5.25. The minimum absolute atomic E-state index is 0.824. The first-order chi connectivity index (χ1) is 7.36. The van der Waals surface area contributed by atoms with Gasteiger partial charge in [-0.05, 0) is 30.9 Å². The normalized spacial score (nSPS) is 15.5. The van der Waals surface area contributed by atoms with Gasteiger partial charge < -0.3 is 10.6 Å². The van der Waals surface area contributed by atoms with Gasteiger partial charge in [-0.25, -0.2) is 0 Å². The van der Waals surface area contributed by atoms with Crippen molar-refractivity contribution >= 4 is 0 Å². The van der Waals surface area contributed by atoms with Gasteiger partial charge in [0, 0.05) is 25.7 Å². The van der Waals surface area contributed by atoms with E-state index in [0.717, 1.165) is 25.7 Å². The predicted octanol–water partition coefficient (Wildman–Crippen LogP) is 1.84. The quantitative estimate of drug-likeness (QED) is 0.691. The molecule has 1 aromatic rings. The second kappa shape index (κ2) is 5.29. The summed E-state index contributed by atoms with van der Waals surface area (Å²) in [5.41, 5.74) is 2.78. The van der Waals surface area contributed by atoms with Crippen LogP contribution in [0, 0.1) is 6.92 Å². The van der Waals surface area contributed by atoms with Crippen molar-refractivity contribution in [2.75, 3.05) is 13.1 Å². The summed E-state index contributed by atoms with van der Waals surface area (Å²) in [4.78, 5) is 0. The molecular formula is C13H20N2. The molecular weight excluding hydrogens is 184 g/mol. The standard InChI is InChI=1S/C13H20N2/c1-11-4-2-3-5-12(11)10-14-8-9-15-13-6-7-13/h2-5,13-15H,6-10H2,1H3. The van der Waals surface area contributed by atoms with Gasteiger partial charge in [0.25, 0.3) is 0 Å². The van der Waals surface area contributed by atoms with Gasteiger partial charge in [0.2, 0.25) is 0 Å². The number of benzene rings is 1. The minimum Gasteiger partial charge on any atom is -0.313 e. The summed E-state index contributed by atoms with van der Waals surface area (Å²) < 4.78 is 0. The fourth-order valence-corrected chi connectivity index (χ4v) is 1.68. The van der Waals surface area contributed by atoms with E-state index in [1.165, 1.54) is 24.0 Å². The lowest BCUT2D eigenvalue weighted by molar-refractivity contribution is 0.608. The molecule has 15 heavy (non-hydrogen) atoms. The van der Waals surface area contributed by atoms with Gasteiger partial charge in [-0.15, -0.1) is 0 Å². The van der Waals surface area contributed by atoms with E-state index in [0.29, 0.717) is 0 Å². The van der Waals surface area contributed by atoms with E-state index in [-0.39, 0.29) is 0 Å². The molecule has 1 aromatic carbocycles. The number of aryl methyl sites for hydroxylation is 1. The molecule has 82 valence electrons. The first-order valence-corrected chi connectivity index (χ1v) is 5.85. The predicted molar refractivity (Wildman–Crippen MR) is 63.9 cm³/mol. The summed E-state index contributed by atoms with van der Waals surface area (Å²) in [6, 6.07) is 9.38. The van der Waals surface area contributed by atoms with E-state index in [4.69, 9.17) is 0 Å². The van der Waals surface area contributed by atoms with Crippen molar-refractivity contribution < 1.29 is 0 Å². The SMILES string of the molecule is Cc1ccccc1CNCCNC1CC1. The van der Waals surface area contributed by atoms with Gasteiger partial charge in [-0.2, -0.15) is 0 Å². The minimum atomic E-state index is 0.824. The molecule has 0 saturated heterocycles. The maximum absolute atomic E-state index is 3.49. The van der Waals surface area contributed by atoms with Crippen LogP contribution in [0.1, 0.15) is 24.0 Å². The molecule has 0 amide bonds. The molecule has 2 nitrogen and oxygen atoms in total. The van der Waals surface area contributed by atoms with Crippen molar-refractivity contribution in [1.29, 1.82) is 0 Å². The third-order valence-electron chi connectivity index (χ3n) is 2.89. The molecule has 0 heterocycles. The summed E-state index contributed by atoms with van der Waals surface area (Å²) in [6.45, 7) is 5.31. The van der Waals surface area contributed by atoms with Crippen LogP contribution in [-0.4, -0.2) is 19.1 Å². The lowest BCUT2D eigenvalue weighted by atomic mass is 10.1. The Morgan fingerprint density at radius 1 is 1.20 bits per heavy atom. The Labute approximate surface area is 92.1 Å². The van der Waals surface area contributed by atoms with E-state index in [1.54, 1.807) is 0 Å². The maximum atomic E-state index is 3.49. The Kier molecular flexibility index (Phi) is 3.75. The van der Waals surface area contributed by atoms with E-state index in [2.05, 4.69) is 41.8 Å². The van der Waals surface area contributed by atoms with Crippen LogP contribution in [0.4, 0.5) is 0 Å². The fraction of sp³-hybridized carbons (Fsp3) is 0.538. The molecule has 2 rings (SSSR count). The molecule has 1 fully saturated rings. The Morgan fingerprint density at radius 3 is 2.73 bits per heavy atom. The first kappa shape index (κ1) is 10.7. The molecule has 0 aliphatic heterocycles. The second-order valence-electron chi connectivity index (χ2n) is 4.33. The van der Waals surface area contributed by atoms with Crippen molar-refractivity contribution in [2.24, 2.45) is 0 Å². The van der Waals surface area contributed by atoms with Crippen molar-refractivity contribution in [1.82, 2.24) is 10.6 Å². The summed E-state index contributed by atoms with van der Waals surface area (Å²) in [7, 11) is 0. The summed E-state index contributed by atoms with van der Waals surface area (Å²) in [5.74, 6) is 0. The number of hydrogen-bond donors (Lipinski definition) is 2. The van der Waals surface area contributed by atoms with Gasteiger partial charge >= 0.3 is 0 Å². The van der Waals surface area contributed by atoms with Gasteiger partial charge in [-0.1, -0.05) is 24.3 Å². The first-order valence-electron chi connectivity index (χ1n) is 5.85. The van der Waals surface area contributed by atoms with Gasteiger partial charge in [0.15, 0.2) is 0 Å². The second-order valence-corrected chi connectivity index (χ2v) is 4.33. The molecule has 1 aliphatic carbocycles. The van der Waals surface area contributed by atoms with E-state index >= 15 is 0 Å². The van der Waals surface area contributed by atoms with Crippen LogP contribution in [-0.2, 0) is 6.54 Å². The average Bonchev–Trinajstić information content (AvgIpc) is 3.04. The molecule has 0 radical (unpaired) electrons. The number of rotatable bonds is 6. The zero-order valence-corrected chi connectivity index (χ0v) is 9.42. The van der Waals surface area contributed by atoms with Crippen LogP contribution < -0.4 is 10.6 Å². The molecule has 0 aromatic heterocycles. The number of nitrogens with one attached hydrogen (secondary N) is 2. The highest BCUT2D eigenvalue weighted by atomic mass is 15.0. The number of hydrogen-bond acceptors (Lipinski definition) is 2. The molecule has 0 atom stereocenters. The molecule has 1 saturated carbocycles. The van der Waals surface area contributed by atoms with Crippen LogP contribution in [0.25, 0.3) is 0 Å². The highest BCUT2D eigenvalue weighted by Crippen LogP contribution is 2.17. The monoisotopic (exact) mass is 204 g/mol. The summed E-state index contributed by atoms with van der Waals surface area (Å²) in [5, 5.41) is 6.96. The van der Waals surface area contributed by atoms with Crippen molar-refractivity contribution in [2.45, 2.75) is 32.4 Å². The molecule has 2 heteroatoms. The zero-order chi connectivity index (χ0) is 10.5. The van der Waals surface area contributed by atoms with Gasteiger partial charge in [-0.3, -0.25) is 0 Å². The lowest BCUT2D eigenvalue weighted by Gasteiger charge is -2.07. The van der Waals surface area contributed by atoms with Crippen molar-refractivity contribution in [3.63, 3.8) is 0 Å². The van der Waals surface area contributed by atoms with E-state index < -0.39 is 0 Å². The largest absolute Gasteiger partial charge is 0.313 e. The smallest absolute Gasteiger partial charge is 0.0208 e. The Balaban J connectivity index is 1.62. The lowest BCUT2D eigenvalue weighted by Crippen LogP contribution is -2.28. The molecule has 0 unspecified atom stereocenters. The van der Waals surface area contributed by atoms with Crippen molar-refractivity contribution in [3.05, 3.63) is 35.4 Å². The topological polar surface area (TPSA) is 24.1 Å². The van der Waals surface area contributed by atoms with Crippen LogP contribution in [0.5, 0.6) is 0 Å². The van der Waals surface area contributed by atoms with Crippen LogP contribution in [0.15, 0.2) is 24.3 Å². The van der Waals surface area contributed by atoms with Gasteiger partial charge in [0.1, 0.15) is 0 Å². The van der Waals surface area contributed by atoms with Crippen LogP contribution in [0.2, 0.25) is 0 Å². The third kappa shape index (κ3) is 3.65. The molecule has 0 bridgehead atoms. The fourth-order valence-electron chi connectivity index (χ4n) is 1.68. The summed E-state index contributed by atoms with van der Waals surface area (Å²) >= 11 is 0. The van der Waals surface area contributed by atoms with Crippen LogP contribution >= 0.6 is 0 Å². The Bertz CT molecular complexity index is 305. The molecule has 0 spiro atoms. The van der Waals surface area contributed by atoms with Crippen LogP contribution in [0.3, 0.4) is 0 Å². The van der Waals surface area contributed by atoms with Crippen molar-refractivity contribution in [3.8, 4) is 0 Å². The zero-order valence-electron chi connectivity index (χ0n) is 9.42. The third-order valence-corrected chi connectivity index (χ3v) is 2.89. The summed E-state index contributed by atoms with van der Waals surface area (Å²) in [6.07, 6.45) is 2.75. The Hall–Kier alpha value is -0.860.